The molecule has 25 heavy (non-hydrogen) atoms. The summed E-state index contributed by atoms with van der Waals surface area (Å²) in [6, 6.07) is 0.342. The molecule has 7 heteroatoms. The van der Waals surface area contributed by atoms with Crippen LogP contribution in [-0.2, 0) is 33.0 Å². The third-order valence-electron chi connectivity index (χ3n) is 4.85. The Kier molecular flexibility index (Phi) is 4.21. The van der Waals surface area contributed by atoms with Crippen LogP contribution in [0.15, 0.2) is 17.2 Å². The highest BCUT2D eigenvalue weighted by Gasteiger charge is 2.22. The van der Waals surface area contributed by atoms with E-state index in [0.29, 0.717) is 12.6 Å². The van der Waals surface area contributed by atoms with Crippen LogP contribution in [0.25, 0.3) is 10.2 Å². The fraction of sp³-hybridized carbons (Fsp3) is 0.500. The maximum Gasteiger partial charge on any atom is 0.259 e. The fourth-order valence-electron chi connectivity index (χ4n) is 3.52. The zero-order chi connectivity index (χ0) is 17.6. The average Bonchev–Trinajstić information content (AvgIpc) is 3.22. The van der Waals surface area contributed by atoms with Gasteiger partial charge in [-0.3, -0.25) is 14.4 Å². The molecule has 0 aromatic carbocycles. The molecule has 0 bridgehead atoms. The lowest BCUT2D eigenvalue weighted by Crippen LogP contribution is -2.31. The Labute approximate surface area is 150 Å². The second-order valence-corrected chi connectivity index (χ2v) is 8.15. The number of thiophene rings is 1. The van der Waals surface area contributed by atoms with Gasteiger partial charge in [-0.05, 0) is 38.7 Å². The summed E-state index contributed by atoms with van der Waals surface area (Å²) in [6.07, 6.45) is 7.17. The first-order valence-electron chi connectivity index (χ1n) is 8.76. The summed E-state index contributed by atoms with van der Waals surface area (Å²) in [5, 5.41) is 5.06. The van der Waals surface area contributed by atoms with Crippen LogP contribution >= 0.6 is 11.3 Å². The second-order valence-electron chi connectivity index (χ2n) is 7.07. The SMILES string of the molecule is CC(C)N(Cc1cnn(C)c1)Cc1nc2sc3c(c2c(=O)[nH]1)CCC3. The van der Waals surface area contributed by atoms with Crippen molar-refractivity contribution in [1.82, 2.24) is 24.6 Å². The molecule has 6 nitrogen and oxygen atoms in total. The molecule has 4 rings (SSSR count). The lowest BCUT2D eigenvalue weighted by molar-refractivity contribution is 0.198. The Bertz CT molecular complexity index is 968. The molecule has 1 aliphatic rings. The molecule has 3 aromatic heterocycles. The summed E-state index contributed by atoms with van der Waals surface area (Å²) in [7, 11) is 1.92. The molecule has 1 N–H and O–H groups in total. The molecular formula is C18H23N5OS. The average molecular weight is 357 g/mol. The van der Waals surface area contributed by atoms with Crippen LogP contribution in [0.3, 0.4) is 0 Å². The van der Waals surface area contributed by atoms with E-state index in [1.54, 1.807) is 11.3 Å². The predicted octanol–water partition coefficient (Wildman–Crippen LogP) is 2.62. The van der Waals surface area contributed by atoms with Crippen LogP contribution in [0, 0.1) is 0 Å². The van der Waals surface area contributed by atoms with Crippen LogP contribution < -0.4 is 5.56 Å². The van der Waals surface area contributed by atoms with Gasteiger partial charge in [0.15, 0.2) is 0 Å². The van der Waals surface area contributed by atoms with E-state index in [2.05, 4.69) is 28.8 Å². The molecule has 132 valence electrons. The lowest BCUT2D eigenvalue weighted by Gasteiger charge is -2.25. The number of hydrogen-bond acceptors (Lipinski definition) is 5. The number of fused-ring (bicyclic) bond motifs is 3. The largest absolute Gasteiger partial charge is 0.309 e. The number of rotatable bonds is 5. The maximum absolute atomic E-state index is 12.6. The van der Waals surface area contributed by atoms with E-state index in [4.69, 9.17) is 4.98 Å². The van der Waals surface area contributed by atoms with Gasteiger partial charge in [0.25, 0.3) is 5.56 Å². The summed E-state index contributed by atoms with van der Waals surface area (Å²) in [5.74, 6) is 0.745. The molecule has 0 unspecified atom stereocenters. The molecule has 0 saturated carbocycles. The van der Waals surface area contributed by atoms with Gasteiger partial charge in [0, 0.05) is 36.3 Å². The fourth-order valence-corrected chi connectivity index (χ4v) is 4.80. The first-order valence-corrected chi connectivity index (χ1v) is 9.58. The number of aromatic nitrogens is 4. The standard InChI is InChI=1S/C18H23N5OS/c1-11(2)23(9-12-7-19-22(3)8-12)10-15-20-17(24)16-13-5-4-6-14(13)25-18(16)21-15/h7-8,11H,4-6,9-10H2,1-3H3,(H,20,21,24). The number of hydrogen-bond donors (Lipinski definition) is 1. The Morgan fingerprint density at radius 3 is 2.92 bits per heavy atom. The van der Waals surface area contributed by atoms with Crippen LogP contribution in [0.2, 0.25) is 0 Å². The minimum absolute atomic E-state index is 0.0180. The monoisotopic (exact) mass is 357 g/mol. The molecule has 3 heterocycles. The highest BCUT2D eigenvalue weighted by molar-refractivity contribution is 7.18. The first kappa shape index (κ1) is 16.5. The Morgan fingerprint density at radius 1 is 1.36 bits per heavy atom. The van der Waals surface area contributed by atoms with Gasteiger partial charge in [0.05, 0.1) is 18.1 Å². The van der Waals surface area contributed by atoms with Crippen LogP contribution in [0.5, 0.6) is 0 Å². The predicted molar refractivity (Wildman–Crippen MR) is 99.9 cm³/mol. The van der Waals surface area contributed by atoms with E-state index < -0.39 is 0 Å². The molecule has 0 saturated heterocycles. The molecule has 3 aromatic rings. The second kappa shape index (κ2) is 6.38. The van der Waals surface area contributed by atoms with Crippen LogP contribution in [0.1, 0.15) is 42.1 Å². The van der Waals surface area contributed by atoms with Crippen molar-refractivity contribution in [3.63, 3.8) is 0 Å². The van der Waals surface area contributed by atoms with E-state index in [1.165, 1.54) is 10.4 Å². The van der Waals surface area contributed by atoms with Crippen molar-refractivity contribution in [3.8, 4) is 0 Å². The van der Waals surface area contributed by atoms with Gasteiger partial charge < -0.3 is 4.98 Å². The summed E-state index contributed by atoms with van der Waals surface area (Å²) >= 11 is 1.69. The molecular weight excluding hydrogens is 334 g/mol. The summed E-state index contributed by atoms with van der Waals surface area (Å²) < 4.78 is 1.81. The van der Waals surface area contributed by atoms with E-state index in [9.17, 15) is 4.79 Å². The lowest BCUT2D eigenvalue weighted by atomic mass is 10.2. The van der Waals surface area contributed by atoms with Crippen molar-refractivity contribution < 1.29 is 0 Å². The number of nitrogens with one attached hydrogen (secondary N) is 1. The van der Waals surface area contributed by atoms with E-state index in [1.807, 2.05) is 24.1 Å². The first-order chi connectivity index (χ1) is 12.0. The molecule has 0 radical (unpaired) electrons. The summed E-state index contributed by atoms with van der Waals surface area (Å²) in [6.45, 7) is 5.73. The van der Waals surface area contributed by atoms with E-state index in [0.717, 1.165) is 47.4 Å². The molecule has 0 aliphatic heterocycles. The summed E-state index contributed by atoms with van der Waals surface area (Å²) in [5.41, 5.74) is 2.41. The maximum atomic E-state index is 12.6. The van der Waals surface area contributed by atoms with Gasteiger partial charge in [0.2, 0.25) is 0 Å². The third kappa shape index (κ3) is 3.14. The molecule has 0 atom stereocenters. The minimum Gasteiger partial charge on any atom is -0.309 e. The van der Waals surface area contributed by atoms with E-state index in [-0.39, 0.29) is 5.56 Å². The smallest absolute Gasteiger partial charge is 0.259 e. The van der Waals surface area contributed by atoms with Gasteiger partial charge in [-0.25, -0.2) is 4.98 Å². The quantitative estimate of drug-likeness (QED) is 0.762. The Hall–Kier alpha value is -1.99. The normalized spacial score (nSPS) is 14.1. The van der Waals surface area contributed by atoms with Gasteiger partial charge in [-0.2, -0.15) is 5.10 Å². The zero-order valence-electron chi connectivity index (χ0n) is 14.9. The zero-order valence-corrected chi connectivity index (χ0v) is 15.7. The van der Waals surface area contributed by atoms with Gasteiger partial charge in [-0.15, -0.1) is 11.3 Å². The van der Waals surface area contributed by atoms with Crippen molar-refractivity contribution in [2.45, 2.75) is 52.2 Å². The highest BCUT2D eigenvalue weighted by atomic mass is 32.1. The van der Waals surface area contributed by atoms with Gasteiger partial charge in [-0.1, -0.05) is 0 Å². The van der Waals surface area contributed by atoms with Crippen molar-refractivity contribution >= 4 is 21.6 Å². The molecule has 1 aliphatic carbocycles. The van der Waals surface area contributed by atoms with Crippen molar-refractivity contribution in [1.29, 1.82) is 0 Å². The molecule has 0 spiro atoms. The number of nitrogens with zero attached hydrogens (tertiary/aromatic N) is 4. The van der Waals surface area contributed by atoms with Crippen LogP contribution in [0.4, 0.5) is 0 Å². The van der Waals surface area contributed by atoms with Gasteiger partial charge in [0.1, 0.15) is 10.7 Å². The number of aromatic amines is 1. The number of H-pyrrole nitrogens is 1. The van der Waals surface area contributed by atoms with Crippen molar-refractivity contribution in [3.05, 3.63) is 44.6 Å². The molecule has 0 amide bonds. The van der Waals surface area contributed by atoms with Crippen molar-refractivity contribution in [2.24, 2.45) is 7.05 Å². The van der Waals surface area contributed by atoms with E-state index >= 15 is 0 Å². The van der Waals surface area contributed by atoms with Crippen LogP contribution in [-0.4, -0.2) is 30.7 Å². The summed E-state index contributed by atoms with van der Waals surface area (Å²) in [4.78, 5) is 24.9. The highest BCUT2D eigenvalue weighted by Crippen LogP contribution is 2.34. The van der Waals surface area contributed by atoms with Crippen molar-refractivity contribution in [2.75, 3.05) is 0 Å². The van der Waals surface area contributed by atoms with Gasteiger partial charge >= 0.3 is 0 Å². The minimum atomic E-state index is 0.0180. The molecule has 0 fully saturated rings. The Balaban J connectivity index is 1.63. The Morgan fingerprint density at radius 2 is 2.20 bits per heavy atom. The number of aryl methyl sites for hydroxylation is 3. The topological polar surface area (TPSA) is 66.8 Å². The third-order valence-corrected chi connectivity index (χ3v) is 6.04.